The summed E-state index contributed by atoms with van der Waals surface area (Å²) in [6.45, 7) is 1.25. The van der Waals surface area contributed by atoms with Gasteiger partial charge in [-0.25, -0.2) is 9.37 Å². The Balaban J connectivity index is 1.52. The number of anilines is 2. The molecule has 1 aliphatic heterocycles. The molecule has 0 saturated heterocycles. The number of thiazole rings is 1. The molecule has 178 valence electrons. The van der Waals surface area contributed by atoms with Crippen molar-refractivity contribution in [1.82, 2.24) is 9.55 Å². The minimum absolute atomic E-state index is 0.115. The van der Waals surface area contributed by atoms with Crippen molar-refractivity contribution in [2.24, 2.45) is 0 Å². The van der Waals surface area contributed by atoms with Crippen LogP contribution in [0.3, 0.4) is 0 Å². The van der Waals surface area contributed by atoms with Gasteiger partial charge in [0, 0.05) is 24.2 Å². The molecule has 3 heterocycles. The number of pyridine rings is 1. The van der Waals surface area contributed by atoms with E-state index in [0.29, 0.717) is 16.2 Å². The summed E-state index contributed by atoms with van der Waals surface area (Å²) in [6, 6.07) is 2.45. The van der Waals surface area contributed by atoms with Crippen molar-refractivity contribution in [3.8, 4) is 11.3 Å². The van der Waals surface area contributed by atoms with E-state index in [4.69, 9.17) is 0 Å². The van der Waals surface area contributed by atoms with Crippen LogP contribution in [0.2, 0.25) is 0 Å². The Bertz CT molecular complexity index is 1390. The summed E-state index contributed by atoms with van der Waals surface area (Å²) in [6.07, 6.45) is -3.39. The number of aromatic nitrogens is 2. The van der Waals surface area contributed by atoms with E-state index >= 15 is 0 Å². The number of benzene rings is 1. The predicted molar refractivity (Wildman–Crippen MR) is 121 cm³/mol. The maximum Gasteiger partial charge on any atom is 0.419 e. The van der Waals surface area contributed by atoms with Gasteiger partial charge in [-0.1, -0.05) is 6.07 Å². The van der Waals surface area contributed by atoms with Crippen molar-refractivity contribution in [2.45, 2.75) is 25.6 Å². The molecule has 2 aromatic heterocycles. The normalized spacial score (nSPS) is 15.6. The number of halogens is 5. The van der Waals surface area contributed by atoms with E-state index in [1.54, 1.807) is 14.0 Å². The first-order chi connectivity index (χ1) is 15.9. The molecular formula is C21H15BrF4N4O3S. The summed E-state index contributed by atoms with van der Waals surface area (Å²) in [7, 11) is 1.56. The number of carbonyl (C=O) groups excluding carboxylic acids is 2. The van der Waals surface area contributed by atoms with Crippen LogP contribution in [-0.4, -0.2) is 28.4 Å². The molecule has 1 aromatic carbocycles. The molecule has 13 heteroatoms. The third-order valence-corrected chi connectivity index (χ3v) is 6.68. The highest BCUT2D eigenvalue weighted by Crippen LogP contribution is 2.39. The SMILES string of the molecule is CC1C(=O)N(C)c2c(Br)cn(CC(=O)Nc3nc(-c4ccc(C(F)(F)F)c(F)c4)cs3)c(=O)c21. The van der Waals surface area contributed by atoms with Gasteiger partial charge in [-0.3, -0.25) is 14.4 Å². The molecule has 0 saturated carbocycles. The van der Waals surface area contributed by atoms with Gasteiger partial charge in [0.1, 0.15) is 12.4 Å². The Morgan fingerprint density at radius 1 is 1.29 bits per heavy atom. The van der Waals surface area contributed by atoms with E-state index in [2.05, 4.69) is 26.2 Å². The van der Waals surface area contributed by atoms with Gasteiger partial charge in [0.25, 0.3) is 5.56 Å². The quantitative estimate of drug-likeness (QED) is 0.474. The van der Waals surface area contributed by atoms with Crippen LogP contribution in [0.4, 0.5) is 28.4 Å². The van der Waals surface area contributed by atoms with Crippen molar-refractivity contribution in [2.75, 3.05) is 17.3 Å². The first kappa shape index (κ1) is 24.1. The smallest absolute Gasteiger partial charge is 0.313 e. The lowest BCUT2D eigenvalue weighted by Gasteiger charge is -2.14. The number of rotatable bonds is 4. The molecule has 1 atom stereocenters. The van der Waals surface area contributed by atoms with Gasteiger partial charge < -0.3 is 14.8 Å². The first-order valence-electron chi connectivity index (χ1n) is 9.71. The fraction of sp³-hybridized carbons (Fsp3) is 0.238. The van der Waals surface area contributed by atoms with Crippen LogP contribution in [0, 0.1) is 5.82 Å². The molecule has 34 heavy (non-hydrogen) atoms. The third-order valence-electron chi connectivity index (χ3n) is 5.35. The number of hydrogen-bond donors (Lipinski definition) is 1. The lowest BCUT2D eigenvalue weighted by Crippen LogP contribution is -2.29. The van der Waals surface area contributed by atoms with Crippen LogP contribution in [0.15, 0.2) is 39.0 Å². The number of fused-ring (bicyclic) bond motifs is 1. The highest BCUT2D eigenvalue weighted by atomic mass is 79.9. The number of alkyl halides is 3. The van der Waals surface area contributed by atoms with Gasteiger partial charge in [0.15, 0.2) is 5.13 Å². The lowest BCUT2D eigenvalue weighted by atomic mass is 10.1. The largest absolute Gasteiger partial charge is 0.419 e. The fourth-order valence-electron chi connectivity index (χ4n) is 3.70. The Hall–Kier alpha value is -3.06. The van der Waals surface area contributed by atoms with Gasteiger partial charge in [-0.05, 0) is 35.0 Å². The van der Waals surface area contributed by atoms with E-state index in [1.165, 1.54) is 21.0 Å². The van der Waals surface area contributed by atoms with Crippen LogP contribution in [-0.2, 0) is 22.3 Å². The van der Waals surface area contributed by atoms with E-state index < -0.39 is 34.9 Å². The number of amides is 2. The van der Waals surface area contributed by atoms with Gasteiger partial charge in [-0.15, -0.1) is 11.3 Å². The minimum Gasteiger partial charge on any atom is -0.313 e. The molecule has 0 spiro atoms. The van der Waals surface area contributed by atoms with Crippen LogP contribution in [0.5, 0.6) is 0 Å². The summed E-state index contributed by atoms with van der Waals surface area (Å²) in [4.78, 5) is 43.1. The molecule has 1 unspecified atom stereocenters. The molecule has 7 nitrogen and oxygen atoms in total. The number of hydrogen-bond acceptors (Lipinski definition) is 5. The number of likely N-dealkylation sites (N-methyl/N-ethyl adjacent to an activating group) is 1. The molecule has 1 aliphatic rings. The molecule has 1 N–H and O–H groups in total. The van der Waals surface area contributed by atoms with Gasteiger partial charge in [0.05, 0.1) is 32.9 Å². The maximum atomic E-state index is 13.9. The Morgan fingerprint density at radius 3 is 2.65 bits per heavy atom. The highest BCUT2D eigenvalue weighted by molar-refractivity contribution is 9.10. The summed E-state index contributed by atoms with van der Waals surface area (Å²) in [5.41, 5.74) is -0.806. The van der Waals surface area contributed by atoms with Crippen molar-refractivity contribution < 1.29 is 27.2 Å². The summed E-state index contributed by atoms with van der Waals surface area (Å²) < 4.78 is 53.8. The average Bonchev–Trinajstić information content (AvgIpc) is 3.29. The predicted octanol–water partition coefficient (Wildman–Crippen LogP) is 4.61. The zero-order chi connectivity index (χ0) is 24.9. The van der Waals surface area contributed by atoms with Gasteiger partial charge in [-0.2, -0.15) is 13.2 Å². The fourth-order valence-corrected chi connectivity index (χ4v) is 5.16. The van der Waals surface area contributed by atoms with E-state index in [-0.39, 0.29) is 34.4 Å². The molecule has 0 fully saturated rings. The zero-order valence-corrected chi connectivity index (χ0v) is 19.9. The van der Waals surface area contributed by atoms with Crippen LogP contribution >= 0.6 is 27.3 Å². The molecule has 0 aliphatic carbocycles. The summed E-state index contributed by atoms with van der Waals surface area (Å²) >= 11 is 4.33. The molecule has 3 aromatic rings. The number of nitrogens with one attached hydrogen (secondary N) is 1. The van der Waals surface area contributed by atoms with Gasteiger partial charge in [0.2, 0.25) is 11.8 Å². The molecule has 2 amide bonds. The Morgan fingerprint density at radius 2 is 2.00 bits per heavy atom. The molecular weight excluding hydrogens is 544 g/mol. The van der Waals surface area contributed by atoms with E-state index in [1.807, 2.05) is 0 Å². The van der Waals surface area contributed by atoms with E-state index in [9.17, 15) is 31.9 Å². The number of nitrogens with zero attached hydrogens (tertiary/aromatic N) is 3. The standard InChI is InChI=1S/C21H15BrF4N4O3S/c1-9-16-17(29(2)18(9)32)12(22)6-30(19(16)33)7-15(31)28-20-27-14(8-34-20)10-3-4-11(13(23)5-10)21(24,25)26/h3-6,8-9H,7H2,1-2H3,(H,27,28,31). The topological polar surface area (TPSA) is 84.3 Å². The average molecular weight is 559 g/mol. The Kier molecular flexibility index (Phi) is 6.10. The zero-order valence-electron chi connectivity index (χ0n) is 17.5. The third kappa shape index (κ3) is 4.25. The molecule has 0 radical (unpaired) electrons. The lowest BCUT2D eigenvalue weighted by molar-refractivity contribution is -0.140. The summed E-state index contributed by atoms with van der Waals surface area (Å²) in [5, 5.41) is 4.10. The van der Waals surface area contributed by atoms with Gasteiger partial charge >= 0.3 is 6.18 Å². The maximum absolute atomic E-state index is 13.9. The van der Waals surface area contributed by atoms with Crippen LogP contribution in [0.1, 0.15) is 24.0 Å². The second-order valence-corrected chi connectivity index (χ2v) is 9.28. The van der Waals surface area contributed by atoms with Crippen molar-refractivity contribution >= 4 is 49.9 Å². The van der Waals surface area contributed by atoms with Crippen molar-refractivity contribution in [3.63, 3.8) is 0 Å². The second kappa shape index (κ2) is 8.62. The monoisotopic (exact) mass is 558 g/mol. The second-order valence-electron chi connectivity index (χ2n) is 7.57. The molecule has 0 bridgehead atoms. The molecule has 4 rings (SSSR count). The van der Waals surface area contributed by atoms with Crippen LogP contribution < -0.4 is 15.8 Å². The summed E-state index contributed by atoms with van der Waals surface area (Å²) in [5.74, 6) is -2.89. The first-order valence-corrected chi connectivity index (χ1v) is 11.4. The Labute approximate surface area is 202 Å². The highest BCUT2D eigenvalue weighted by Gasteiger charge is 2.37. The van der Waals surface area contributed by atoms with Crippen molar-refractivity contribution in [3.05, 3.63) is 61.5 Å². The minimum atomic E-state index is -4.81. The number of carbonyl (C=O) groups is 2. The van der Waals surface area contributed by atoms with Crippen molar-refractivity contribution in [1.29, 1.82) is 0 Å². The van der Waals surface area contributed by atoms with Crippen LogP contribution in [0.25, 0.3) is 11.3 Å². The van der Waals surface area contributed by atoms with E-state index in [0.717, 1.165) is 23.5 Å².